The second-order valence-corrected chi connectivity index (χ2v) is 7.46. The molecule has 1 aliphatic rings. The zero-order chi connectivity index (χ0) is 20.1. The lowest BCUT2D eigenvalue weighted by molar-refractivity contribution is -0.125. The summed E-state index contributed by atoms with van der Waals surface area (Å²) in [5.41, 5.74) is 2.65. The number of amides is 2. The van der Waals surface area contributed by atoms with Gasteiger partial charge >= 0.3 is 0 Å². The Hall–Kier alpha value is -3.13. The van der Waals surface area contributed by atoms with Crippen LogP contribution in [-0.4, -0.2) is 35.8 Å². The standard InChI is InChI=1S/C23H25N3O2/c1-16(2)22(27)25-18-9-7-13-26(15-18)23(28)21-12-6-5-11-20(21)19-10-4-3-8-17(19)14-24/h3-6,8,10-12,16,18H,7,9,13,15H2,1-2H3,(H,25,27)/t18-/m1/s1. The number of hydrogen-bond donors (Lipinski definition) is 1. The Morgan fingerprint density at radius 2 is 1.79 bits per heavy atom. The lowest BCUT2D eigenvalue weighted by atomic mass is 9.94. The van der Waals surface area contributed by atoms with E-state index in [9.17, 15) is 14.9 Å². The van der Waals surface area contributed by atoms with Crippen LogP contribution in [0.15, 0.2) is 48.5 Å². The third-order valence-corrected chi connectivity index (χ3v) is 5.07. The number of hydrogen-bond acceptors (Lipinski definition) is 3. The van der Waals surface area contributed by atoms with Gasteiger partial charge in [-0.1, -0.05) is 50.2 Å². The van der Waals surface area contributed by atoms with E-state index >= 15 is 0 Å². The smallest absolute Gasteiger partial charge is 0.254 e. The Balaban J connectivity index is 1.85. The summed E-state index contributed by atoms with van der Waals surface area (Å²) < 4.78 is 0. The highest BCUT2D eigenvalue weighted by atomic mass is 16.2. The van der Waals surface area contributed by atoms with Gasteiger partial charge in [0.1, 0.15) is 0 Å². The molecule has 5 nitrogen and oxygen atoms in total. The zero-order valence-corrected chi connectivity index (χ0v) is 16.3. The lowest BCUT2D eigenvalue weighted by Gasteiger charge is -2.34. The van der Waals surface area contributed by atoms with E-state index in [0.29, 0.717) is 24.2 Å². The number of nitrogens with zero attached hydrogens (tertiary/aromatic N) is 2. The van der Waals surface area contributed by atoms with Crippen molar-refractivity contribution in [3.05, 3.63) is 59.7 Å². The van der Waals surface area contributed by atoms with Gasteiger partial charge in [0.15, 0.2) is 0 Å². The van der Waals surface area contributed by atoms with Crippen molar-refractivity contribution < 1.29 is 9.59 Å². The topological polar surface area (TPSA) is 73.2 Å². The molecule has 0 bridgehead atoms. The maximum atomic E-state index is 13.3. The molecule has 1 N–H and O–H groups in total. The molecule has 1 atom stereocenters. The largest absolute Gasteiger partial charge is 0.351 e. The van der Waals surface area contributed by atoms with Gasteiger partial charge in [-0.05, 0) is 30.5 Å². The highest BCUT2D eigenvalue weighted by Gasteiger charge is 2.27. The molecule has 2 amide bonds. The fourth-order valence-corrected chi connectivity index (χ4v) is 3.54. The second kappa shape index (κ2) is 8.71. The Labute approximate surface area is 166 Å². The molecule has 144 valence electrons. The molecule has 5 heteroatoms. The summed E-state index contributed by atoms with van der Waals surface area (Å²) in [5.74, 6) is -0.122. The number of carbonyl (C=O) groups excluding carboxylic acids is 2. The van der Waals surface area contributed by atoms with Crippen molar-refractivity contribution in [3.8, 4) is 17.2 Å². The molecule has 0 saturated carbocycles. The molecule has 2 aromatic rings. The summed E-state index contributed by atoms with van der Waals surface area (Å²) in [5, 5.41) is 12.5. The number of piperidine rings is 1. The van der Waals surface area contributed by atoms with E-state index in [1.54, 1.807) is 6.07 Å². The van der Waals surface area contributed by atoms with Crippen LogP contribution in [0.4, 0.5) is 0 Å². The van der Waals surface area contributed by atoms with Crippen LogP contribution in [-0.2, 0) is 4.79 Å². The van der Waals surface area contributed by atoms with Gasteiger partial charge in [-0.3, -0.25) is 9.59 Å². The zero-order valence-electron chi connectivity index (χ0n) is 16.3. The molecule has 0 aromatic heterocycles. The molecule has 0 radical (unpaired) electrons. The van der Waals surface area contributed by atoms with E-state index in [1.807, 2.05) is 61.2 Å². The summed E-state index contributed by atoms with van der Waals surface area (Å²) in [7, 11) is 0. The summed E-state index contributed by atoms with van der Waals surface area (Å²) in [6.45, 7) is 4.90. The van der Waals surface area contributed by atoms with Gasteiger partial charge in [-0.2, -0.15) is 5.26 Å². The Morgan fingerprint density at radius 1 is 1.11 bits per heavy atom. The maximum absolute atomic E-state index is 13.3. The summed E-state index contributed by atoms with van der Waals surface area (Å²) in [4.78, 5) is 27.1. The van der Waals surface area contributed by atoms with Gasteiger partial charge in [-0.15, -0.1) is 0 Å². The van der Waals surface area contributed by atoms with E-state index < -0.39 is 0 Å². The third kappa shape index (κ3) is 4.23. The molecule has 0 unspecified atom stereocenters. The van der Waals surface area contributed by atoms with Gasteiger partial charge in [0.2, 0.25) is 5.91 Å². The van der Waals surface area contributed by atoms with Crippen LogP contribution >= 0.6 is 0 Å². The highest BCUT2D eigenvalue weighted by Crippen LogP contribution is 2.28. The SMILES string of the molecule is CC(C)C(=O)N[C@@H]1CCCN(C(=O)c2ccccc2-c2ccccc2C#N)C1. The molecule has 1 aliphatic heterocycles. The van der Waals surface area contributed by atoms with Crippen molar-refractivity contribution in [3.63, 3.8) is 0 Å². The Kier molecular flexibility index (Phi) is 6.10. The Bertz CT molecular complexity index is 914. The predicted octanol–water partition coefficient (Wildman–Crippen LogP) is 3.60. The lowest BCUT2D eigenvalue weighted by Crippen LogP contribution is -2.50. The molecule has 3 rings (SSSR count). The van der Waals surface area contributed by atoms with E-state index in [1.165, 1.54) is 0 Å². The number of nitriles is 1. The van der Waals surface area contributed by atoms with Crippen molar-refractivity contribution in [1.82, 2.24) is 10.2 Å². The minimum Gasteiger partial charge on any atom is -0.351 e. The third-order valence-electron chi connectivity index (χ3n) is 5.07. The fourth-order valence-electron chi connectivity index (χ4n) is 3.54. The van der Waals surface area contributed by atoms with E-state index in [0.717, 1.165) is 24.0 Å². The molecule has 28 heavy (non-hydrogen) atoms. The first-order valence-corrected chi connectivity index (χ1v) is 9.69. The first-order valence-electron chi connectivity index (χ1n) is 9.69. The van der Waals surface area contributed by atoms with Gasteiger partial charge in [-0.25, -0.2) is 0 Å². The van der Waals surface area contributed by atoms with E-state index in [2.05, 4.69) is 11.4 Å². The van der Waals surface area contributed by atoms with Crippen molar-refractivity contribution >= 4 is 11.8 Å². The van der Waals surface area contributed by atoms with Crippen LogP contribution in [0.2, 0.25) is 0 Å². The number of nitrogens with one attached hydrogen (secondary N) is 1. The predicted molar refractivity (Wildman–Crippen MR) is 108 cm³/mol. The molecule has 0 spiro atoms. The first kappa shape index (κ1) is 19.6. The molecule has 0 aliphatic carbocycles. The molecular weight excluding hydrogens is 350 g/mol. The maximum Gasteiger partial charge on any atom is 0.254 e. The average Bonchev–Trinajstić information content (AvgIpc) is 2.73. The van der Waals surface area contributed by atoms with Crippen molar-refractivity contribution in [1.29, 1.82) is 5.26 Å². The Morgan fingerprint density at radius 3 is 2.50 bits per heavy atom. The van der Waals surface area contributed by atoms with Crippen molar-refractivity contribution in [2.24, 2.45) is 5.92 Å². The number of likely N-dealkylation sites (tertiary alicyclic amines) is 1. The number of rotatable bonds is 4. The van der Waals surface area contributed by atoms with Gasteiger partial charge in [0, 0.05) is 36.2 Å². The van der Waals surface area contributed by atoms with Crippen LogP contribution in [0, 0.1) is 17.2 Å². The molecule has 1 saturated heterocycles. The highest BCUT2D eigenvalue weighted by molar-refractivity contribution is 6.01. The number of carbonyl (C=O) groups is 2. The van der Waals surface area contributed by atoms with Crippen molar-refractivity contribution in [2.45, 2.75) is 32.7 Å². The van der Waals surface area contributed by atoms with Crippen LogP contribution in [0.5, 0.6) is 0 Å². The van der Waals surface area contributed by atoms with E-state index in [4.69, 9.17) is 0 Å². The molecule has 1 heterocycles. The summed E-state index contributed by atoms with van der Waals surface area (Å²) in [6, 6.07) is 16.9. The van der Waals surface area contributed by atoms with Crippen LogP contribution in [0.25, 0.3) is 11.1 Å². The summed E-state index contributed by atoms with van der Waals surface area (Å²) >= 11 is 0. The molecular formula is C23H25N3O2. The van der Waals surface area contributed by atoms with Gasteiger partial charge in [0.25, 0.3) is 5.91 Å². The van der Waals surface area contributed by atoms with Crippen molar-refractivity contribution in [2.75, 3.05) is 13.1 Å². The summed E-state index contributed by atoms with van der Waals surface area (Å²) in [6.07, 6.45) is 1.73. The second-order valence-electron chi connectivity index (χ2n) is 7.46. The van der Waals surface area contributed by atoms with Crippen LogP contribution in [0.3, 0.4) is 0 Å². The quantitative estimate of drug-likeness (QED) is 0.887. The van der Waals surface area contributed by atoms with Crippen LogP contribution in [0.1, 0.15) is 42.6 Å². The van der Waals surface area contributed by atoms with E-state index in [-0.39, 0.29) is 23.8 Å². The minimum atomic E-state index is -0.0747. The molecule has 1 fully saturated rings. The molecule has 2 aromatic carbocycles. The fraction of sp³-hybridized carbons (Fsp3) is 0.348. The van der Waals surface area contributed by atoms with Gasteiger partial charge in [0.05, 0.1) is 11.6 Å². The normalized spacial score (nSPS) is 16.5. The minimum absolute atomic E-state index is 0.0163. The van der Waals surface area contributed by atoms with Gasteiger partial charge < -0.3 is 10.2 Å². The average molecular weight is 375 g/mol. The number of benzene rings is 2. The first-order chi connectivity index (χ1) is 13.5. The van der Waals surface area contributed by atoms with Crippen LogP contribution < -0.4 is 5.32 Å². The monoisotopic (exact) mass is 375 g/mol.